The summed E-state index contributed by atoms with van der Waals surface area (Å²) in [5, 5.41) is 0. The second-order valence-corrected chi connectivity index (χ2v) is 1.85. The predicted molar refractivity (Wildman–Crippen MR) is 29.0 cm³/mol. The molecule has 2 nitrogen and oxygen atoms in total. The fourth-order valence-corrected chi connectivity index (χ4v) is 0.444. The Labute approximate surface area is 52.0 Å². The molecule has 54 valence electrons. The van der Waals surface area contributed by atoms with Gasteiger partial charge in [0.15, 0.2) is 0 Å². The molecule has 0 aliphatic heterocycles. The van der Waals surface area contributed by atoms with Crippen LogP contribution in [0, 0.1) is 0 Å². The molecule has 4 heteroatoms. The molecule has 0 bridgehead atoms. The van der Waals surface area contributed by atoms with Gasteiger partial charge >= 0.3 is 0 Å². The smallest absolute Gasteiger partial charge is 0.248 e. The molecule has 0 radical (unpaired) electrons. The van der Waals surface area contributed by atoms with Crippen LogP contribution in [0.3, 0.4) is 0 Å². The monoisotopic (exact) mass is 137 g/mol. The summed E-state index contributed by atoms with van der Waals surface area (Å²) in [6, 6.07) is 0. The molecule has 0 aromatic heterocycles. The molecule has 1 saturated carbocycles. The van der Waals surface area contributed by atoms with E-state index in [1.165, 1.54) is 0 Å². The largest absolute Gasteiger partial charge is 0.372 e. The van der Waals surface area contributed by atoms with Crippen LogP contribution >= 0.6 is 0 Å². The van der Waals surface area contributed by atoms with Crippen molar-refractivity contribution in [2.45, 2.75) is 25.2 Å². The molecule has 1 fully saturated rings. The maximum absolute atomic E-state index is 11.5. The lowest BCUT2D eigenvalue weighted by Crippen LogP contribution is -2.24. The van der Waals surface area contributed by atoms with E-state index in [9.17, 15) is 8.78 Å². The third kappa shape index (κ3) is 3.88. The molecule has 1 aliphatic rings. The van der Waals surface area contributed by atoms with Crippen LogP contribution in [0.5, 0.6) is 0 Å². The number of hydrogen-bond acceptors (Lipinski definition) is 1. The highest BCUT2D eigenvalue weighted by molar-refractivity contribution is 5.42. The standard InChI is InChI=1S/C4H6F2.CH3NO/c5-4(6)2-1-3-4;2-1-3/h1-3H2;1H,(H2,2,3). The SMILES string of the molecule is FC1(F)CCC1.NC=O. The quantitative estimate of drug-likeness (QED) is 0.495. The van der Waals surface area contributed by atoms with Crippen molar-refractivity contribution in [3.05, 3.63) is 0 Å². The minimum absolute atomic E-state index is 0.118. The summed E-state index contributed by atoms with van der Waals surface area (Å²) in [7, 11) is 0. The Kier molecular flexibility index (Phi) is 3.12. The highest BCUT2D eigenvalue weighted by Gasteiger charge is 2.36. The number of carbonyl (C=O) groups is 1. The number of alkyl halides is 2. The van der Waals surface area contributed by atoms with Crippen LogP contribution in [0.1, 0.15) is 19.3 Å². The minimum Gasteiger partial charge on any atom is -0.372 e. The molecule has 9 heavy (non-hydrogen) atoms. The molecule has 1 rings (SSSR count). The van der Waals surface area contributed by atoms with E-state index in [1.807, 2.05) is 0 Å². The van der Waals surface area contributed by atoms with Gasteiger partial charge in [0.25, 0.3) is 0 Å². The summed E-state index contributed by atoms with van der Waals surface area (Å²) in [4.78, 5) is 8.58. The van der Waals surface area contributed by atoms with Gasteiger partial charge in [-0.15, -0.1) is 0 Å². The Morgan fingerprint density at radius 1 is 1.44 bits per heavy atom. The van der Waals surface area contributed by atoms with Crippen LogP contribution in [0.25, 0.3) is 0 Å². The van der Waals surface area contributed by atoms with Gasteiger partial charge in [-0.3, -0.25) is 4.79 Å². The Hall–Kier alpha value is -0.670. The van der Waals surface area contributed by atoms with Crippen LogP contribution in [0.2, 0.25) is 0 Å². The van der Waals surface area contributed by atoms with Crippen LogP contribution in [-0.4, -0.2) is 12.3 Å². The summed E-state index contributed by atoms with van der Waals surface area (Å²) in [5.74, 6) is -2.28. The summed E-state index contributed by atoms with van der Waals surface area (Å²) in [6.07, 6.45) is 1.20. The van der Waals surface area contributed by atoms with Gasteiger partial charge in [0.05, 0.1) is 0 Å². The zero-order chi connectivity index (χ0) is 7.33. The van der Waals surface area contributed by atoms with E-state index in [0.717, 1.165) is 0 Å². The van der Waals surface area contributed by atoms with Crippen LogP contribution in [0.15, 0.2) is 0 Å². The van der Waals surface area contributed by atoms with E-state index < -0.39 is 5.92 Å². The molecule has 1 aliphatic carbocycles. The fraction of sp³-hybridized carbons (Fsp3) is 0.800. The number of hydrogen-bond donors (Lipinski definition) is 1. The highest BCUT2D eigenvalue weighted by Crippen LogP contribution is 2.36. The molecular formula is C5H9F2NO. The van der Waals surface area contributed by atoms with Gasteiger partial charge in [0, 0.05) is 12.8 Å². The van der Waals surface area contributed by atoms with Crippen molar-refractivity contribution in [1.82, 2.24) is 0 Å². The highest BCUT2D eigenvalue weighted by atomic mass is 19.3. The van der Waals surface area contributed by atoms with Gasteiger partial charge in [-0.25, -0.2) is 8.78 Å². The fourth-order valence-electron chi connectivity index (χ4n) is 0.444. The predicted octanol–water partition coefficient (Wildman–Crippen LogP) is 0.907. The van der Waals surface area contributed by atoms with E-state index in [4.69, 9.17) is 4.79 Å². The van der Waals surface area contributed by atoms with Crippen molar-refractivity contribution < 1.29 is 13.6 Å². The lowest BCUT2D eigenvalue weighted by atomic mass is 9.95. The van der Waals surface area contributed by atoms with Gasteiger partial charge < -0.3 is 5.73 Å². The van der Waals surface area contributed by atoms with E-state index in [2.05, 4.69) is 5.73 Å². The molecule has 0 aromatic carbocycles. The van der Waals surface area contributed by atoms with E-state index in [0.29, 0.717) is 6.42 Å². The maximum Gasteiger partial charge on any atom is 0.248 e. The molecule has 2 N–H and O–H groups in total. The second-order valence-electron chi connectivity index (χ2n) is 1.85. The van der Waals surface area contributed by atoms with E-state index >= 15 is 0 Å². The number of amides is 1. The molecule has 0 spiro atoms. The van der Waals surface area contributed by atoms with Gasteiger partial charge in [0.2, 0.25) is 12.3 Å². The second kappa shape index (κ2) is 3.37. The van der Waals surface area contributed by atoms with E-state index in [-0.39, 0.29) is 19.3 Å². The van der Waals surface area contributed by atoms with E-state index in [1.54, 1.807) is 0 Å². The Morgan fingerprint density at radius 2 is 1.67 bits per heavy atom. The molecular weight excluding hydrogens is 128 g/mol. The molecule has 0 unspecified atom stereocenters. The van der Waals surface area contributed by atoms with Crippen LogP contribution in [-0.2, 0) is 4.79 Å². The van der Waals surface area contributed by atoms with Crippen LogP contribution in [0.4, 0.5) is 8.78 Å². The number of halogens is 2. The lowest BCUT2D eigenvalue weighted by Gasteiger charge is -2.23. The summed E-state index contributed by atoms with van der Waals surface area (Å²) < 4.78 is 23.1. The van der Waals surface area contributed by atoms with Crippen molar-refractivity contribution >= 4 is 6.41 Å². The maximum atomic E-state index is 11.5. The molecule has 0 aromatic rings. The number of rotatable bonds is 0. The minimum atomic E-state index is -2.28. The third-order valence-electron chi connectivity index (χ3n) is 1.09. The van der Waals surface area contributed by atoms with Gasteiger partial charge in [-0.2, -0.15) is 0 Å². The first-order chi connectivity index (χ1) is 4.12. The molecule has 0 atom stereocenters. The van der Waals surface area contributed by atoms with Crippen molar-refractivity contribution in [1.29, 1.82) is 0 Å². The molecule has 1 amide bonds. The number of nitrogens with two attached hydrogens (primary N) is 1. The van der Waals surface area contributed by atoms with Gasteiger partial charge in [0.1, 0.15) is 0 Å². The summed E-state index contributed by atoms with van der Waals surface area (Å²) in [5.41, 5.74) is 4.17. The zero-order valence-corrected chi connectivity index (χ0v) is 4.94. The van der Waals surface area contributed by atoms with Gasteiger partial charge in [-0.1, -0.05) is 0 Å². The van der Waals surface area contributed by atoms with Crippen molar-refractivity contribution in [2.75, 3.05) is 0 Å². The first-order valence-electron chi connectivity index (χ1n) is 2.65. The summed E-state index contributed by atoms with van der Waals surface area (Å²) in [6.45, 7) is 0. The van der Waals surface area contributed by atoms with Crippen molar-refractivity contribution in [2.24, 2.45) is 5.73 Å². The Bertz CT molecular complexity index is 89.0. The summed E-state index contributed by atoms with van der Waals surface area (Å²) >= 11 is 0. The normalized spacial score (nSPS) is 20.7. The van der Waals surface area contributed by atoms with Crippen molar-refractivity contribution in [3.63, 3.8) is 0 Å². The average molecular weight is 137 g/mol. The van der Waals surface area contributed by atoms with Crippen molar-refractivity contribution in [3.8, 4) is 0 Å². The van der Waals surface area contributed by atoms with Gasteiger partial charge in [-0.05, 0) is 6.42 Å². The average Bonchev–Trinajstić information content (AvgIpc) is 1.65. The lowest BCUT2D eigenvalue weighted by molar-refractivity contribution is -0.106. The zero-order valence-electron chi connectivity index (χ0n) is 4.94. The number of primary amides is 1. The third-order valence-corrected chi connectivity index (χ3v) is 1.09. The Balaban J connectivity index is 0.000000187. The Morgan fingerprint density at radius 3 is 1.67 bits per heavy atom. The first kappa shape index (κ1) is 8.33. The van der Waals surface area contributed by atoms with Crippen LogP contribution < -0.4 is 5.73 Å². The first-order valence-corrected chi connectivity index (χ1v) is 2.65. The number of carbonyl (C=O) groups excluding carboxylic acids is 1. The molecule has 0 heterocycles. The topological polar surface area (TPSA) is 43.1 Å². The molecule has 0 saturated heterocycles.